The van der Waals surface area contributed by atoms with E-state index in [9.17, 15) is 33.6 Å². The lowest BCUT2D eigenvalue weighted by molar-refractivity contribution is -0.131. The molecule has 0 aromatic carbocycles. The van der Waals surface area contributed by atoms with E-state index in [-0.39, 0.29) is 179 Å². The molecule has 0 spiro atoms. The Bertz CT molecular complexity index is 1390. The molecule has 12 atom stereocenters. The summed E-state index contributed by atoms with van der Waals surface area (Å²) >= 11 is 0. The van der Waals surface area contributed by atoms with Crippen molar-refractivity contribution < 1.29 is 113 Å². The van der Waals surface area contributed by atoms with Crippen LogP contribution in [-0.2, 0) is 66.8 Å². The predicted molar refractivity (Wildman–Crippen MR) is 319 cm³/mol. The van der Waals surface area contributed by atoms with E-state index in [1.807, 2.05) is 69.1 Å². The molecule has 498 valence electrons. The molecular formula is C60H120O23. The number of ketones is 7. The lowest BCUT2D eigenvalue weighted by atomic mass is 9.97. The summed E-state index contributed by atoms with van der Waals surface area (Å²) < 4.78 is 32.1. The molecule has 0 rings (SSSR count). The third-order valence-corrected chi connectivity index (χ3v) is 11.7. The summed E-state index contributed by atoms with van der Waals surface area (Å²) in [6.07, 6.45) is 2.74. The van der Waals surface area contributed by atoms with Gasteiger partial charge in [-0.05, 0) is 20.8 Å². The van der Waals surface area contributed by atoms with Crippen LogP contribution in [0.2, 0.25) is 0 Å². The van der Waals surface area contributed by atoms with E-state index in [1.165, 1.54) is 0 Å². The fraction of sp³-hybridized carbons (Fsp3) is 0.867. The molecule has 0 aromatic rings. The number of rotatable bonds is 41. The number of aliphatic hydroxyl groups is 9. The maximum Gasteiger partial charge on any atom is 0.143 e. The third kappa shape index (κ3) is 64.6. The average Bonchev–Trinajstić information content (AvgIpc) is 3.51. The quantitative estimate of drug-likeness (QED) is 0.0421. The predicted octanol–water partition coefficient (Wildman–Crippen LogP) is 3.67. The number of hydrogen-bond acceptors (Lipinski definition) is 23. The van der Waals surface area contributed by atoms with Crippen molar-refractivity contribution in [2.24, 2.45) is 53.3 Å². The number of hydrogen-bond donors (Lipinski definition) is 9. The molecular weight excluding hydrogens is 1090 g/mol. The Morgan fingerprint density at radius 1 is 0.301 bits per heavy atom. The molecule has 0 fully saturated rings. The van der Waals surface area contributed by atoms with Gasteiger partial charge in [-0.25, -0.2) is 0 Å². The Balaban J connectivity index is -0.000000138. The zero-order valence-electron chi connectivity index (χ0n) is 54.1. The number of aliphatic hydroxyl groups excluding tert-OH is 9. The smallest absolute Gasteiger partial charge is 0.143 e. The molecule has 23 nitrogen and oxygen atoms in total. The number of carbonyl (C=O) groups excluding carboxylic acids is 8. The minimum atomic E-state index is -0.345. The molecule has 83 heavy (non-hydrogen) atoms. The van der Waals surface area contributed by atoms with Crippen molar-refractivity contribution in [3.63, 3.8) is 0 Å². The lowest BCUT2D eigenvalue weighted by Gasteiger charge is -2.19. The second kappa shape index (κ2) is 69.5. The average molecular weight is 1210 g/mol. The van der Waals surface area contributed by atoms with Crippen LogP contribution in [-0.4, -0.2) is 230 Å². The van der Waals surface area contributed by atoms with E-state index in [4.69, 9.17) is 79.2 Å². The van der Waals surface area contributed by atoms with Crippen LogP contribution < -0.4 is 0 Å². The van der Waals surface area contributed by atoms with Gasteiger partial charge in [-0.3, -0.25) is 33.6 Å². The molecule has 0 aliphatic rings. The van der Waals surface area contributed by atoms with Gasteiger partial charge in [0.25, 0.3) is 0 Å². The summed E-state index contributed by atoms with van der Waals surface area (Å²) in [5, 5.41) is 76.9. The molecule has 0 heterocycles. The molecule has 0 aliphatic heterocycles. The van der Waals surface area contributed by atoms with Crippen molar-refractivity contribution in [1.29, 1.82) is 0 Å². The molecule has 0 bridgehead atoms. The van der Waals surface area contributed by atoms with Crippen LogP contribution in [0.1, 0.15) is 150 Å². The first-order valence-electron chi connectivity index (χ1n) is 29.1. The Labute approximate surface area is 498 Å². The minimum absolute atomic E-state index is 0.0135. The zero-order chi connectivity index (χ0) is 66.5. The van der Waals surface area contributed by atoms with Gasteiger partial charge < -0.3 is 79.2 Å². The van der Waals surface area contributed by atoms with Crippen LogP contribution >= 0.6 is 0 Å². The highest BCUT2D eigenvalue weighted by atomic mass is 16.5. The van der Waals surface area contributed by atoms with E-state index < -0.39 is 0 Å². The Kier molecular flexibility index (Phi) is 80.5. The van der Waals surface area contributed by atoms with Crippen LogP contribution in [0.5, 0.6) is 0 Å². The summed E-state index contributed by atoms with van der Waals surface area (Å²) in [4.78, 5) is 84.8. The van der Waals surface area contributed by atoms with E-state index >= 15 is 0 Å². The number of ether oxygens (including phenoxy) is 6. The van der Waals surface area contributed by atoms with Crippen molar-refractivity contribution in [3.8, 4) is 0 Å². The Morgan fingerprint density at radius 3 is 0.675 bits per heavy atom. The molecule has 23 heteroatoms. The number of Topliss-reactive ketones (excluding diaryl/α,β-unsaturated/α-hetero) is 7. The van der Waals surface area contributed by atoms with Crippen LogP contribution in [0, 0.1) is 53.3 Å². The van der Waals surface area contributed by atoms with E-state index in [1.54, 1.807) is 55.4 Å². The molecule has 12 unspecified atom stereocenters. The number of carbonyl (C=O) groups is 8. The SMILES string of the molecule is C=O.CC(CO)C(=O)C(C)CO.CC(CO)C(=O)C(C)CO.CC(COCC(C)C(=O)C(C)COCC(C)OCCO)OCCO.CCC(=O)C(C)CO.CCC(=O)C(C)CO.CCC(=O)C(C)COCC(C)OCCO.CCC(=O)CC. The highest BCUT2D eigenvalue weighted by molar-refractivity contribution is 5.84. The van der Waals surface area contributed by atoms with Crippen LogP contribution in [0.3, 0.4) is 0 Å². The third-order valence-electron chi connectivity index (χ3n) is 11.7. The second-order valence-electron chi connectivity index (χ2n) is 19.9. The van der Waals surface area contributed by atoms with Gasteiger partial charge in [-0.1, -0.05) is 96.9 Å². The standard InChI is InChI=1S/C17H34O7.C11H22O4.2C7H14O3.2C6H12O2.C5H10O.CH2O/c1-13(9-21-11-15(3)23-7-5-18)17(20)14(2)10-22-12-16(4)24-8-6-19;1-4-11(13)9(2)7-14-8-10(3)15-6-5-12;2*1-5(3-8)7(10)6(2)4-9;2*1-3-6(8)5(2)4-7;1-3-5(6)4-2;1-2/h13-16,18-19H,5-12H2,1-4H3;9-10,12H,4-8H2,1-3H3;2*5-6,8-9H,3-4H2,1-2H3;2*5,7H,3-4H2,1-2H3;3-4H2,1-2H3;1H2. The van der Waals surface area contributed by atoms with Crippen molar-refractivity contribution in [1.82, 2.24) is 0 Å². The minimum Gasteiger partial charge on any atom is -0.396 e. The Morgan fingerprint density at radius 2 is 0.506 bits per heavy atom. The van der Waals surface area contributed by atoms with Crippen molar-refractivity contribution >= 4 is 47.3 Å². The van der Waals surface area contributed by atoms with Gasteiger partial charge in [0, 0.05) is 85.4 Å². The van der Waals surface area contributed by atoms with Crippen molar-refractivity contribution in [2.45, 2.75) is 168 Å². The van der Waals surface area contributed by atoms with E-state index in [2.05, 4.69) is 0 Å². The lowest BCUT2D eigenvalue weighted by Crippen LogP contribution is -2.29. The maximum absolute atomic E-state index is 12.2. The summed E-state index contributed by atoms with van der Waals surface area (Å²) in [5.74, 6) is -1.41. The van der Waals surface area contributed by atoms with Gasteiger partial charge in [0.1, 0.15) is 47.3 Å². The highest BCUT2D eigenvalue weighted by Crippen LogP contribution is 2.11. The molecule has 0 radical (unpaired) electrons. The van der Waals surface area contributed by atoms with Crippen molar-refractivity contribution in [3.05, 3.63) is 0 Å². The summed E-state index contributed by atoms with van der Waals surface area (Å²) in [5.41, 5.74) is 0. The van der Waals surface area contributed by atoms with Gasteiger partial charge >= 0.3 is 0 Å². The second-order valence-corrected chi connectivity index (χ2v) is 19.9. The van der Waals surface area contributed by atoms with Crippen LogP contribution in [0.4, 0.5) is 0 Å². The first-order chi connectivity index (χ1) is 39.0. The largest absolute Gasteiger partial charge is 0.396 e. The first-order valence-corrected chi connectivity index (χ1v) is 29.1. The fourth-order valence-electron chi connectivity index (χ4n) is 5.71. The molecule has 0 aliphatic carbocycles. The van der Waals surface area contributed by atoms with Gasteiger partial charge in [0.2, 0.25) is 0 Å². The highest BCUT2D eigenvalue weighted by Gasteiger charge is 2.22. The van der Waals surface area contributed by atoms with Gasteiger partial charge in [-0.15, -0.1) is 0 Å². The molecule has 0 saturated heterocycles. The summed E-state index contributed by atoms with van der Waals surface area (Å²) in [6.45, 7) is 35.1. The molecule has 0 amide bonds. The Hall–Kier alpha value is -3.24. The van der Waals surface area contributed by atoms with E-state index in [0.717, 1.165) is 0 Å². The normalized spacial score (nSPS) is 14.7. The first kappa shape index (κ1) is 96.1. The monoisotopic (exact) mass is 1210 g/mol. The topological polar surface area (TPSA) is 374 Å². The molecule has 9 N–H and O–H groups in total. The molecule has 0 aromatic heterocycles. The zero-order valence-corrected chi connectivity index (χ0v) is 54.1. The molecule has 0 saturated carbocycles. The van der Waals surface area contributed by atoms with Gasteiger partial charge in [0.15, 0.2) is 0 Å². The van der Waals surface area contributed by atoms with E-state index in [0.29, 0.717) is 84.1 Å². The maximum atomic E-state index is 12.2. The van der Waals surface area contributed by atoms with Gasteiger partial charge in [0.05, 0.1) is 137 Å². The van der Waals surface area contributed by atoms with Crippen LogP contribution in [0.15, 0.2) is 0 Å². The van der Waals surface area contributed by atoms with Crippen molar-refractivity contribution in [2.75, 3.05) is 119 Å². The fourth-order valence-corrected chi connectivity index (χ4v) is 5.71. The van der Waals surface area contributed by atoms with Crippen LogP contribution in [0.25, 0.3) is 0 Å². The summed E-state index contributed by atoms with van der Waals surface area (Å²) in [7, 11) is 0. The van der Waals surface area contributed by atoms with Gasteiger partial charge in [-0.2, -0.15) is 0 Å². The summed E-state index contributed by atoms with van der Waals surface area (Å²) in [6, 6.07) is 0.